The minimum atomic E-state index is 0.210. The van der Waals surface area contributed by atoms with E-state index >= 15 is 0 Å². The molecule has 0 bridgehead atoms. The largest absolute Gasteiger partial charge is 0.312 e. The molecule has 4 heteroatoms. The van der Waals surface area contributed by atoms with Crippen molar-refractivity contribution in [2.24, 2.45) is 0 Å². The topological polar surface area (TPSA) is 37.3 Å². The molecule has 1 aliphatic rings. The highest BCUT2D eigenvalue weighted by Crippen LogP contribution is 2.22. The van der Waals surface area contributed by atoms with Crippen LogP contribution in [0.5, 0.6) is 0 Å². The fraction of sp³-hybridized carbons (Fsp3) is 0.722. The molecule has 124 valence electrons. The lowest BCUT2D eigenvalue weighted by Crippen LogP contribution is -2.38. The minimum Gasteiger partial charge on any atom is -0.312 e. The van der Waals surface area contributed by atoms with Gasteiger partial charge >= 0.3 is 0 Å². The summed E-state index contributed by atoms with van der Waals surface area (Å²) in [4.78, 5) is 15.4. The zero-order chi connectivity index (χ0) is 16.1. The van der Waals surface area contributed by atoms with E-state index < -0.39 is 0 Å². The zero-order valence-electron chi connectivity index (χ0n) is 14.6. The van der Waals surface area contributed by atoms with E-state index in [1.54, 1.807) is 0 Å². The van der Waals surface area contributed by atoms with Crippen molar-refractivity contribution in [3.8, 4) is 0 Å². The van der Waals surface area contributed by atoms with Crippen LogP contribution in [0.15, 0.2) is 10.9 Å². The quantitative estimate of drug-likeness (QED) is 0.787. The lowest BCUT2D eigenvalue weighted by Gasteiger charge is -2.31. The number of nitrogens with one attached hydrogen (secondary N) is 1. The molecule has 0 radical (unpaired) electrons. The fourth-order valence-electron chi connectivity index (χ4n) is 3.23. The number of nitrogens with zero attached hydrogens (tertiary/aromatic N) is 2. The van der Waals surface area contributed by atoms with Gasteiger partial charge in [0.2, 0.25) is 0 Å². The first kappa shape index (κ1) is 17.2. The number of aromatic nitrogens is 1. The maximum Gasteiger partial charge on any atom is 0.255 e. The molecule has 0 aromatic carbocycles. The van der Waals surface area contributed by atoms with Crippen molar-refractivity contribution in [1.82, 2.24) is 14.8 Å². The molecule has 1 aliphatic heterocycles. The number of pyridine rings is 1. The molecule has 1 aromatic rings. The summed E-state index contributed by atoms with van der Waals surface area (Å²) in [6.07, 6.45) is 3.08. The van der Waals surface area contributed by atoms with Crippen LogP contribution in [0.4, 0.5) is 0 Å². The Morgan fingerprint density at radius 1 is 1.32 bits per heavy atom. The predicted molar refractivity (Wildman–Crippen MR) is 92.4 cm³/mol. The van der Waals surface area contributed by atoms with Gasteiger partial charge in [0.1, 0.15) is 0 Å². The van der Waals surface area contributed by atoms with E-state index in [0.717, 1.165) is 51.0 Å². The molecular formula is C18H31N3O. The molecule has 2 heterocycles. The highest BCUT2D eigenvalue weighted by atomic mass is 16.1. The van der Waals surface area contributed by atoms with Crippen molar-refractivity contribution in [1.29, 1.82) is 0 Å². The van der Waals surface area contributed by atoms with Crippen LogP contribution in [0.1, 0.15) is 63.4 Å². The second kappa shape index (κ2) is 7.93. The molecule has 0 saturated carbocycles. The molecule has 1 N–H and O–H groups in total. The maximum atomic E-state index is 12.9. The Morgan fingerprint density at radius 2 is 2.09 bits per heavy atom. The van der Waals surface area contributed by atoms with Crippen LogP contribution in [0.3, 0.4) is 0 Å². The van der Waals surface area contributed by atoms with Crippen LogP contribution in [0.25, 0.3) is 0 Å². The van der Waals surface area contributed by atoms with Gasteiger partial charge in [0.15, 0.2) is 0 Å². The number of likely N-dealkylation sites (N-methyl/N-ethyl adjacent to an activating group) is 1. The molecule has 0 fully saturated rings. The van der Waals surface area contributed by atoms with E-state index in [2.05, 4.69) is 48.5 Å². The third-order valence-corrected chi connectivity index (χ3v) is 4.78. The van der Waals surface area contributed by atoms with E-state index in [-0.39, 0.29) is 11.6 Å². The van der Waals surface area contributed by atoms with Gasteiger partial charge in [-0.3, -0.25) is 9.69 Å². The average molecular weight is 305 g/mol. The summed E-state index contributed by atoms with van der Waals surface area (Å²) in [7, 11) is 0. The molecule has 2 rings (SSSR count). The fourth-order valence-corrected chi connectivity index (χ4v) is 3.23. The molecule has 0 aliphatic carbocycles. The van der Waals surface area contributed by atoms with Gasteiger partial charge in [-0.05, 0) is 44.5 Å². The Balaban J connectivity index is 2.42. The summed E-state index contributed by atoms with van der Waals surface area (Å²) >= 11 is 0. The van der Waals surface area contributed by atoms with E-state index in [1.165, 1.54) is 11.3 Å². The lowest BCUT2D eigenvalue weighted by molar-refractivity contribution is 0.259. The normalized spacial score (nSPS) is 16.5. The molecule has 1 aromatic heterocycles. The Morgan fingerprint density at radius 3 is 2.73 bits per heavy atom. The Bertz CT molecular complexity index is 550. The lowest BCUT2D eigenvalue weighted by atomic mass is 10.0. The molecule has 1 atom stereocenters. The van der Waals surface area contributed by atoms with Crippen LogP contribution < -0.4 is 10.9 Å². The number of hydrogen-bond acceptors (Lipinski definition) is 3. The first-order chi connectivity index (χ1) is 10.6. The molecule has 4 nitrogen and oxygen atoms in total. The van der Waals surface area contributed by atoms with Crippen LogP contribution >= 0.6 is 0 Å². The van der Waals surface area contributed by atoms with Gasteiger partial charge < -0.3 is 9.88 Å². The van der Waals surface area contributed by atoms with Crippen LogP contribution in [-0.2, 0) is 19.5 Å². The van der Waals surface area contributed by atoms with Gasteiger partial charge in [-0.2, -0.15) is 0 Å². The van der Waals surface area contributed by atoms with Crippen molar-refractivity contribution in [2.45, 2.75) is 66.1 Å². The minimum absolute atomic E-state index is 0.210. The summed E-state index contributed by atoms with van der Waals surface area (Å²) in [5.41, 5.74) is 3.75. The maximum absolute atomic E-state index is 12.9. The first-order valence-electron chi connectivity index (χ1n) is 8.81. The Labute approximate surface area is 134 Å². The van der Waals surface area contributed by atoms with Gasteiger partial charge in [-0.15, -0.1) is 0 Å². The van der Waals surface area contributed by atoms with Crippen molar-refractivity contribution >= 4 is 0 Å². The van der Waals surface area contributed by atoms with Crippen molar-refractivity contribution < 1.29 is 0 Å². The van der Waals surface area contributed by atoms with Gasteiger partial charge in [0, 0.05) is 43.4 Å². The molecule has 22 heavy (non-hydrogen) atoms. The van der Waals surface area contributed by atoms with Crippen LogP contribution in [-0.4, -0.2) is 29.1 Å². The standard InChI is InChI=1S/C18H31N3O/c1-5-9-19-12-15-11-16-13-20(7-3)10-8-17(16)21(18(15)22)14(4)6-2/h11,14,19H,5-10,12-13H2,1-4H3. The number of rotatable bonds is 7. The van der Waals surface area contributed by atoms with Crippen LogP contribution in [0.2, 0.25) is 0 Å². The number of hydrogen-bond donors (Lipinski definition) is 1. The third kappa shape index (κ3) is 3.61. The Hall–Kier alpha value is -1.13. The molecule has 0 spiro atoms. The summed E-state index contributed by atoms with van der Waals surface area (Å²) in [5.74, 6) is 0. The predicted octanol–water partition coefficient (Wildman–Crippen LogP) is 2.70. The molecule has 0 saturated heterocycles. The van der Waals surface area contributed by atoms with Crippen molar-refractivity contribution in [3.05, 3.63) is 33.2 Å². The number of fused-ring (bicyclic) bond motifs is 1. The van der Waals surface area contributed by atoms with Gasteiger partial charge in [0.05, 0.1) is 0 Å². The second-order valence-electron chi connectivity index (χ2n) is 6.37. The van der Waals surface area contributed by atoms with Gasteiger partial charge in [0.25, 0.3) is 5.56 Å². The summed E-state index contributed by atoms with van der Waals surface area (Å²) in [6.45, 7) is 13.4. The van der Waals surface area contributed by atoms with Crippen LogP contribution in [0, 0.1) is 0 Å². The second-order valence-corrected chi connectivity index (χ2v) is 6.37. The summed E-state index contributed by atoms with van der Waals surface area (Å²) in [6, 6.07) is 2.43. The highest BCUT2D eigenvalue weighted by Gasteiger charge is 2.22. The van der Waals surface area contributed by atoms with E-state index in [0.29, 0.717) is 6.54 Å². The summed E-state index contributed by atoms with van der Waals surface area (Å²) in [5, 5.41) is 3.38. The average Bonchev–Trinajstić information content (AvgIpc) is 2.54. The van der Waals surface area contributed by atoms with E-state index in [4.69, 9.17) is 0 Å². The highest BCUT2D eigenvalue weighted by molar-refractivity contribution is 5.29. The van der Waals surface area contributed by atoms with E-state index in [1.807, 2.05) is 0 Å². The summed E-state index contributed by atoms with van der Waals surface area (Å²) < 4.78 is 2.07. The third-order valence-electron chi connectivity index (χ3n) is 4.78. The van der Waals surface area contributed by atoms with Crippen molar-refractivity contribution in [3.63, 3.8) is 0 Å². The Kier molecular flexibility index (Phi) is 6.21. The zero-order valence-corrected chi connectivity index (χ0v) is 14.6. The molecular weight excluding hydrogens is 274 g/mol. The first-order valence-corrected chi connectivity index (χ1v) is 8.81. The molecule has 1 unspecified atom stereocenters. The van der Waals surface area contributed by atoms with Gasteiger partial charge in [-0.1, -0.05) is 20.8 Å². The SMILES string of the molecule is CCCNCc1cc2c(n(C(C)CC)c1=O)CCN(CC)C2. The molecule has 0 amide bonds. The monoisotopic (exact) mass is 305 g/mol. The van der Waals surface area contributed by atoms with Gasteiger partial charge in [-0.25, -0.2) is 0 Å². The smallest absolute Gasteiger partial charge is 0.255 e. The van der Waals surface area contributed by atoms with Crippen molar-refractivity contribution in [2.75, 3.05) is 19.6 Å². The van der Waals surface area contributed by atoms with E-state index in [9.17, 15) is 4.79 Å².